The van der Waals surface area contributed by atoms with Crippen molar-refractivity contribution in [3.05, 3.63) is 52.0 Å². The third-order valence-corrected chi connectivity index (χ3v) is 4.47. The Hall–Kier alpha value is -2.42. The smallest absolute Gasteiger partial charge is 0.312 e. The van der Waals surface area contributed by atoms with Crippen LogP contribution in [-0.2, 0) is 25.5 Å². The zero-order chi connectivity index (χ0) is 22.6. The number of hydrogen-bond acceptors (Lipinski definition) is 7. The largest absolute Gasteiger partial charge is 0.489 e. The number of carbonyl (C=O) groups excluding carboxylic acids is 2. The molecule has 0 fully saturated rings. The van der Waals surface area contributed by atoms with Crippen LogP contribution in [0.1, 0.15) is 31.2 Å². The van der Waals surface area contributed by atoms with E-state index < -0.39 is 18.5 Å². The molecule has 168 valence electrons. The van der Waals surface area contributed by atoms with Crippen molar-refractivity contribution in [2.75, 3.05) is 33.0 Å². The third kappa shape index (κ3) is 9.08. The van der Waals surface area contributed by atoms with E-state index in [0.29, 0.717) is 42.8 Å². The van der Waals surface area contributed by atoms with Crippen molar-refractivity contribution >= 4 is 35.1 Å². The molecule has 0 aromatic carbocycles. The van der Waals surface area contributed by atoms with Gasteiger partial charge in [0.1, 0.15) is 17.5 Å². The summed E-state index contributed by atoms with van der Waals surface area (Å²) >= 11 is 11.7. The Balaban J connectivity index is 1.77. The summed E-state index contributed by atoms with van der Waals surface area (Å²) in [6.45, 7) is 5.26. The van der Waals surface area contributed by atoms with E-state index in [4.69, 9.17) is 37.4 Å². The van der Waals surface area contributed by atoms with Crippen LogP contribution in [0, 0.1) is 0 Å². The fourth-order valence-corrected chi connectivity index (χ4v) is 3.13. The summed E-state index contributed by atoms with van der Waals surface area (Å²) in [6, 6.07) is 6.58. The number of carbonyl (C=O) groups is 2. The highest BCUT2D eigenvalue weighted by molar-refractivity contribution is 6.33. The van der Waals surface area contributed by atoms with Gasteiger partial charge in [-0.05, 0) is 31.2 Å². The number of rotatable bonds is 12. The Morgan fingerprint density at radius 1 is 1.23 bits per heavy atom. The van der Waals surface area contributed by atoms with Crippen LogP contribution in [0.15, 0.2) is 30.5 Å². The van der Waals surface area contributed by atoms with Crippen LogP contribution < -0.4 is 10.1 Å². The number of ether oxygens (including phenoxy) is 3. The number of nitrogens with one attached hydrogen (secondary N) is 1. The summed E-state index contributed by atoms with van der Waals surface area (Å²) in [5, 5.41) is 3.27. The quantitative estimate of drug-likeness (QED) is 0.289. The molecule has 1 unspecified atom stereocenters. The van der Waals surface area contributed by atoms with E-state index in [-0.39, 0.29) is 17.5 Å². The molecule has 0 spiro atoms. The molecule has 2 heterocycles. The Morgan fingerprint density at radius 3 is 2.77 bits per heavy atom. The molecule has 1 atom stereocenters. The minimum absolute atomic E-state index is 0.110. The van der Waals surface area contributed by atoms with Gasteiger partial charge in [-0.1, -0.05) is 30.1 Å². The molecule has 0 aliphatic heterocycles. The van der Waals surface area contributed by atoms with Crippen molar-refractivity contribution in [2.24, 2.45) is 0 Å². The summed E-state index contributed by atoms with van der Waals surface area (Å²) in [4.78, 5) is 32.3. The van der Waals surface area contributed by atoms with E-state index in [1.807, 2.05) is 19.9 Å². The topological polar surface area (TPSA) is 99.6 Å². The molecule has 1 N–H and O–H groups in total. The maximum Gasteiger partial charge on any atom is 0.312 e. The lowest BCUT2D eigenvalue weighted by molar-refractivity contribution is -0.147. The van der Waals surface area contributed by atoms with Gasteiger partial charge in [0.15, 0.2) is 6.61 Å². The Bertz CT molecular complexity index is 862. The molecule has 0 radical (unpaired) electrons. The van der Waals surface area contributed by atoms with Gasteiger partial charge in [-0.3, -0.25) is 14.6 Å². The van der Waals surface area contributed by atoms with Gasteiger partial charge in [0.2, 0.25) is 0 Å². The van der Waals surface area contributed by atoms with Crippen LogP contribution in [0.4, 0.5) is 0 Å². The molecule has 31 heavy (non-hydrogen) atoms. The summed E-state index contributed by atoms with van der Waals surface area (Å²) < 4.78 is 16.0. The molecule has 10 heteroatoms. The monoisotopic (exact) mass is 469 g/mol. The summed E-state index contributed by atoms with van der Waals surface area (Å²) in [5.74, 6) is -0.500. The lowest BCUT2D eigenvalue weighted by Crippen LogP contribution is -2.32. The second kappa shape index (κ2) is 13.1. The van der Waals surface area contributed by atoms with Gasteiger partial charge in [-0.25, -0.2) is 4.98 Å². The summed E-state index contributed by atoms with van der Waals surface area (Å²) in [5.41, 5.74) is 1.09. The number of halogens is 2. The average molecular weight is 470 g/mol. The highest BCUT2D eigenvalue weighted by Gasteiger charge is 2.16. The number of esters is 1. The molecule has 2 aromatic heterocycles. The van der Waals surface area contributed by atoms with Crippen molar-refractivity contribution in [3.8, 4) is 5.75 Å². The van der Waals surface area contributed by atoms with Crippen molar-refractivity contribution < 1.29 is 23.8 Å². The van der Waals surface area contributed by atoms with E-state index in [1.54, 1.807) is 12.3 Å². The number of amides is 1. The van der Waals surface area contributed by atoms with Gasteiger partial charge in [0, 0.05) is 30.3 Å². The molecule has 2 aromatic rings. The summed E-state index contributed by atoms with van der Waals surface area (Å²) in [6.07, 6.45) is 1.53. The van der Waals surface area contributed by atoms with Crippen LogP contribution in [-0.4, -0.2) is 54.8 Å². The Labute approximate surface area is 191 Å². The lowest BCUT2D eigenvalue weighted by Gasteiger charge is -2.16. The maximum atomic E-state index is 12.1. The molecule has 0 bridgehead atoms. The SMILES string of the molecule is CCOCCOc1cccnc1C(C)CNC(=O)COC(=O)Cc1cc(Cl)cc(Cl)n1. The first-order valence-corrected chi connectivity index (χ1v) is 10.5. The van der Waals surface area contributed by atoms with Gasteiger partial charge in [-0.2, -0.15) is 0 Å². The van der Waals surface area contributed by atoms with Crippen LogP contribution in [0.25, 0.3) is 0 Å². The predicted molar refractivity (Wildman–Crippen MR) is 117 cm³/mol. The number of aromatic nitrogens is 2. The molecule has 0 saturated heterocycles. The van der Waals surface area contributed by atoms with Gasteiger partial charge in [-0.15, -0.1) is 0 Å². The first kappa shape index (κ1) is 24.8. The van der Waals surface area contributed by atoms with Crippen LogP contribution >= 0.6 is 23.2 Å². The highest BCUT2D eigenvalue weighted by Crippen LogP contribution is 2.23. The first-order chi connectivity index (χ1) is 14.9. The lowest BCUT2D eigenvalue weighted by atomic mass is 10.1. The molecular formula is C21H25Cl2N3O5. The zero-order valence-corrected chi connectivity index (χ0v) is 18.9. The molecule has 0 aliphatic rings. The van der Waals surface area contributed by atoms with E-state index in [0.717, 1.165) is 5.69 Å². The number of pyridine rings is 2. The minimum atomic E-state index is -0.608. The minimum Gasteiger partial charge on any atom is -0.489 e. The van der Waals surface area contributed by atoms with Gasteiger partial charge >= 0.3 is 5.97 Å². The Morgan fingerprint density at radius 2 is 2.03 bits per heavy atom. The van der Waals surface area contributed by atoms with Crippen molar-refractivity contribution in [1.29, 1.82) is 0 Å². The molecule has 8 nitrogen and oxygen atoms in total. The van der Waals surface area contributed by atoms with E-state index in [9.17, 15) is 9.59 Å². The fourth-order valence-electron chi connectivity index (χ4n) is 2.62. The van der Waals surface area contributed by atoms with Crippen molar-refractivity contribution in [2.45, 2.75) is 26.2 Å². The van der Waals surface area contributed by atoms with Gasteiger partial charge < -0.3 is 19.5 Å². The summed E-state index contributed by atoms with van der Waals surface area (Å²) in [7, 11) is 0. The molecule has 2 rings (SSSR count). The zero-order valence-electron chi connectivity index (χ0n) is 17.4. The molecule has 1 amide bonds. The number of hydrogen-bond donors (Lipinski definition) is 1. The number of nitrogens with zero attached hydrogens (tertiary/aromatic N) is 2. The second-order valence-corrected chi connectivity index (χ2v) is 7.40. The van der Waals surface area contributed by atoms with Gasteiger partial charge in [0.05, 0.1) is 24.4 Å². The normalized spacial score (nSPS) is 11.6. The Kier molecular flexibility index (Phi) is 10.5. The fraction of sp³-hybridized carbons (Fsp3) is 0.429. The average Bonchev–Trinajstić information content (AvgIpc) is 2.73. The second-order valence-electron chi connectivity index (χ2n) is 6.57. The van der Waals surface area contributed by atoms with Crippen molar-refractivity contribution in [3.63, 3.8) is 0 Å². The molecular weight excluding hydrogens is 445 g/mol. The van der Waals surface area contributed by atoms with Crippen LogP contribution in [0.5, 0.6) is 5.75 Å². The van der Waals surface area contributed by atoms with E-state index >= 15 is 0 Å². The predicted octanol–water partition coefficient (Wildman–Crippen LogP) is 3.20. The standard InChI is InChI=1S/C21H25Cl2N3O5/c1-3-29-7-8-30-17-5-4-6-24-21(17)14(2)12-25-19(27)13-31-20(28)11-16-9-15(22)10-18(23)26-16/h4-6,9-10,14H,3,7-8,11-13H2,1-2H3,(H,25,27). The third-order valence-electron chi connectivity index (χ3n) is 4.06. The van der Waals surface area contributed by atoms with Gasteiger partial charge in [0.25, 0.3) is 5.91 Å². The highest BCUT2D eigenvalue weighted by atomic mass is 35.5. The molecule has 0 aliphatic carbocycles. The molecule has 0 saturated carbocycles. The maximum absolute atomic E-state index is 12.1. The van der Waals surface area contributed by atoms with Crippen LogP contribution in [0.2, 0.25) is 10.2 Å². The van der Waals surface area contributed by atoms with Crippen molar-refractivity contribution in [1.82, 2.24) is 15.3 Å². The van der Waals surface area contributed by atoms with E-state index in [1.165, 1.54) is 12.1 Å². The van der Waals surface area contributed by atoms with Crippen LogP contribution in [0.3, 0.4) is 0 Å². The first-order valence-electron chi connectivity index (χ1n) is 9.78. The van der Waals surface area contributed by atoms with E-state index in [2.05, 4.69) is 15.3 Å².